The van der Waals surface area contributed by atoms with Gasteiger partial charge in [-0.1, -0.05) is 36.4 Å². The Bertz CT molecular complexity index is 759. The van der Waals surface area contributed by atoms with E-state index < -0.39 is 11.9 Å². The van der Waals surface area contributed by atoms with Gasteiger partial charge in [0.05, 0.1) is 5.97 Å². The maximum absolute atomic E-state index is 10.6. The first-order chi connectivity index (χ1) is 10.8. The molecule has 0 aromatic heterocycles. The molecular formula is C17H16NO5-. The van der Waals surface area contributed by atoms with Crippen LogP contribution < -0.4 is 15.6 Å². The van der Waals surface area contributed by atoms with Crippen LogP contribution in [0.3, 0.4) is 0 Å². The van der Waals surface area contributed by atoms with E-state index >= 15 is 0 Å². The summed E-state index contributed by atoms with van der Waals surface area (Å²) < 4.78 is 4.65. The fourth-order valence-corrected chi connectivity index (χ4v) is 1.54. The largest absolute Gasteiger partial charge is 0.545 e. The van der Waals surface area contributed by atoms with E-state index in [0.29, 0.717) is 0 Å². The number of aromatic carboxylic acids is 1. The Balaban J connectivity index is 0.000000215. The number of ether oxygens (including phenoxy) is 1. The van der Waals surface area contributed by atoms with Gasteiger partial charge in [-0.05, 0) is 22.6 Å². The third-order valence-corrected chi connectivity index (χ3v) is 2.58. The number of benzene rings is 2. The number of esters is 1. The van der Waals surface area contributed by atoms with Crippen LogP contribution in [-0.2, 0) is 9.59 Å². The van der Waals surface area contributed by atoms with Gasteiger partial charge in [0.2, 0.25) is 5.91 Å². The van der Waals surface area contributed by atoms with Crippen LogP contribution in [-0.4, -0.2) is 17.8 Å². The fraction of sp³-hybridized carbons (Fsp3) is 0.118. The zero-order valence-corrected chi connectivity index (χ0v) is 12.7. The van der Waals surface area contributed by atoms with Gasteiger partial charge in [0, 0.05) is 19.4 Å². The zero-order valence-electron chi connectivity index (χ0n) is 12.7. The van der Waals surface area contributed by atoms with E-state index in [1.54, 1.807) is 6.07 Å². The van der Waals surface area contributed by atoms with E-state index in [1.165, 1.54) is 42.5 Å². The number of hydrogen-bond acceptors (Lipinski definition) is 5. The van der Waals surface area contributed by atoms with E-state index in [1.807, 2.05) is 0 Å². The zero-order chi connectivity index (χ0) is 17.4. The molecule has 2 aliphatic rings. The highest BCUT2D eigenvalue weighted by Gasteiger charge is 2.05. The second kappa shape index (κ2) is 8.33. The normalized spacial score (nSPS) is 9.30. The summed E-state index contributed by atoms with van der Waals surface area (Å²) in [5.41, 5.74) is 4.35. The van der Waals surface area contributed by atoms with Crippen LogP contribution in [0.15, 0.2) is 48.5 Å². The molecular weight excluding hydrogens is 298 g/mol. The van der Waals surface area contributed by atoms with Crippen LogP contribution in [0.25, 0.3) is 0 Å². The summed E-state index contributed by atoms with van der Waals surface area (Å²) >= 11 is 0. The molecule has 0 heterocycles. The standard InChI is InChI=1S/C9H8O4.C6H4.C2H5NO/c1-6(10)13-8-5-3-2-4-7(8)9(11)12;1-2-6-4-3-5(1)6;1-2(3)4/h2-5H,1H3,(H,11,12);1-4H;1H3,(H2,3,4)/p-1. The van der Waals surface area contributed by atoms with Crippen LogP contribution in [0.2, 0.25) is 0 Å². The summed E-state index contributed by atoms with van der Waals surface area (Å²) in [6, 6.07) is 14.3. The Morgan fingerprint density at radius 2 is 1.35 bits per heavy atom. The van der Waals surface area contributed by atoms with Crippen molar-refractivity contribution in [2.75, 3.05) is 0 Å². The lowest BCUT2D eigenvalue weighted by atomic mass is 10.1. The summed E-state index contributed by atoms with van der Waals surface area (Å²) in [6.45, 7) is 2.51. The Kier molecular flexibility index (Phi) is 6.48. The summed E-state index contributed by atoms with van der Waals surface area (Å²) in [5, 5.41) is 13.4. The van der Waals surface area contributed by atoms with Crippen LogP contribution in [0.1, 0.15) is 24.2 Å². The minimum atomic E-state index is -1.36. The summed E-state index contributed by atoms with van der Waals surface area (Å²) in [5.74, 6) is -2.25. The second-order valence-corrected chi connectivity index (χ2v) is 4.57. The maximum atomic E-state index is 10.6. The van der Waals surface area contributed by atoms with E-state index in [2.05, 4.69) is 34.7 Å². The molecule has 120 valence electrons. The van der Waals surface area contributed by atoms with Gasteiger partial charge in [0.25, 0.3) is 0 Å². The lowest BCUT2D eigenvalue weighted by Crippen LogP contribution is -2.23. The number of amides is 1. The Hall–Kier alpha value is -3.15. The predicted molar refractivity (Wildman–Crippen MR) is 81.1 cm³/mol. The summed E-state index contributed by atoms with van der Waals surface area (Å²) in [7, 11) is 0. The highest BCUT2D eigenvalue weighted by molar-refractivity contribution is 5.90. The molecule has 2 aliphatic carbocycles. The smallest absolute Gasteiger partial charge is 0.308 e. The Morgan fingerprint density at radius 3 is 1.65 bits per heavy atom. The molecule has 0 unspecified atom stereocenters. The van der Waals surface area contributed by atoms with Crippen molar-refractivity contribution in [2.24, 2.45) is 5.73 Å². The SMILES string of the molecule is CC(=O)Oc1ccccc1C(=O)[O-].CC(N)=O.c1cc2ccc1=2. The van der Waals surface area contributed by atoms with Crippen LogP contribution in [0.5, 0.6) is 5.75 Å². The topological polar surface area (TPSA) is 110 Å². The number of nitrogens with two attached hydrogens (primary N) is 1. The summed E-state index contributed by atoms with van der Waals surface area (Å²) in [4.78, 5) is 30.3. The van der Waals surface area contributed by atoms with E-state index in [9.17, 15) is 19.5 Å². The molecule has 0 bridgehead atoms. The molecule has 0 atom stereocenters. The molecule has 6 heteroatoms. The number of para-hydroxylation sites is 1. The molecule has 0 aliphatic heterocycles. The second-order valence-electron chi connectivity index (χ2n) is 4.57. The van der Waals surface area contributed by atoms with Crippen molar-refractivity contribution in [3.63, 3.8) is 0 Å². The molecule has 1 amide bonds. The number of carboxylic acids is 1. The quantitative estimate of drug-likeness (QED) is 0.554. The fourth-order valence-electron chi connectivity index (χ4n) is 1.54. The first-order valence-corrected chi connectivity index (χ1v) is 6.66. The maximum Gasteiger partial charge on any atom is 0.308 e. The van der Waals surface area contributed by atoms with Gasteiger partial charge in [0.1, 0.15) is 5.75 Å². The third kappa shape index (κ3) is 6.01. The lowest BCUT2D eigenvalue weighted by molar-refractivity contribution is -0.255. The van der Waals surface area contributed by atoms with Gasteiger partial charge in [-0.15, -0.1) is 0 Å². The molecule has 0 radical (unpaired) electrons. The number of carbonyl (C=O) groups is 3. The van der Waals surface area contributed by atoms with Crippen molar-refractivity contribution in [3.8, 4) is 5.75 Å². The minimum absolute atomic E-state index is 0.00926. The van der Waals surface area contributed by atoms with E-state index in [4.69, 9.17) is 0 Å². The summed E-state index contributed by atoms with van der Waals surface area (Å²) in [6.07, 6.45) is 0. The van der Waals surface area contributed by atoms with Crippen molar-refractivity contribution in [1.29, 1.82) is 0 Å². The van der Waals surface area contributed by atoms with E-state index in [-0.39, 0.29) is 17.2 Å². The van der Waals surface area contributed by atoms with Crippen molar-refractivity contribution in [1.82, 2.24) is 0 Å². The van der Waals surface area contributed by atoms with Gasteiger partial charge in [-0.2, -0.15) is 0 Å². The van der Waals surface area contributed by atoms with E-state index in [0.717, 1.165) is 0 Å². The molecule has 0 spiro atoms. The molecule has 2 N–H and O–H groups in total. The van der Waals surface area contributed by atoms with Crippen molar-refractivity contribution < 1.29 is 24.2 Å². The van der Waals surface area contributed by atoms with Crippen molar-refractivity contribution in [3.05, 3.63) is 64.5 Å². The van der Waals surface area contributed by atoms with Gasteiger partial charge in [-0.25, -0.2) is 0 Å². The van der Waals surface area contributed by atoms with Gasteiger partial charge < -0.3 is 20.4 Å². The number of carboxylic acid groups (broad SMARTS) is 1. The first kappa shape index (κ1) is 17.9. The highest BCUT2D eigenvalue weighted by Crippen LogP contribution is 2.16. The molecule has 0 saturated heterocycles. The molecule has 0 fully saturated rings. The highest BCUT2D eigenvalue weighted by atomic mass is 16.5. The monoisotopic (exact) mass is 314 g/mol. The number of hydrogen-bond donors (Lipinski definition) is 1. The number of rotatable bonds is 2. The van der Waals surface area contributed by atoms with Crippen molar-refractivity contribution in [2.45, 2.75) is 13.8 Å². The van der Waals surface area contributed by atoms with Crippen molar-refractivity contribution >= 4 is 17.8 Å². The molecule has 0 saturated carbocycles. The Labute approximate surface area is 132 Å². The van der Waals surface area contributed by atoms with Gasteiger partial charge in [0.15, 0.2) is 0 Å². The van der Waals surface area contributed by atoms with Gasteiger partial charge in [-0.3, -0.25) is 9.59 Å². The molecule has 6 nitrogen and oxygen atoms in total. The van der Waals surface area contributed by atoms with Crippen LogP contribution in [0, 0.1) is 10.4 Å². The molecule has 3 rings (SSSR count). The number of primary amides is 1. The van der Waals surface area contributed by atoms with Crippen LogP contribution >= 0.6 is 0 Å². The molecule has 23 heavy (non-hydrogen) atoms. The molecule has 1 aromatic rings. The average molecular weight is 314 g/mol. The van der Waals surface area contributed by atoms with Gasteiger partial charge >= 0.3 is 5.97 Å². The number of carbonyl (C=O) groups excluding carboxylic acids is 3. The third-order valence-electron chi connectivity index (χ3n) is 2.58. The minimum Gasteiger partial charge on any atom is -0.545 e. The lowest BCUT2D eigenvalue weighted by Gasteiger charge is -2.08. The first-order valence-electron chi connectivity index (χ1n) is 6.66. The average Bonchev–Trinajstić information content (AvgIpc) is 2.42. The van der Waals surface area contributed by atoms with Crippen LogP contribution in [0.4, 0.5) is 0 Å². The predicted octanol–water partition coefficient (Wildman–Crippen LogP) is 0.754. The molecule has 1 aromatic carbocycles. The Morgan fingerprint density at radius 1 is 0.913 bits per heavy atom.